The Morgan fingerprint density at radius 1 is 0.647 bits per heavy atom. The number of nitrogens with zero attached hydrogens (tertiary/aromatic N) is 2. The van der Waals surface area contributed by atoms with Gasteiger partial charge < -0.3 is 9.97 Å². The van der Waals surface area contributed by atoms with E-state index in [0.717, 1.165) is 27.9 Å². The van der Waals surface area contributed by atoms with Crippen LogP contribution in [-0.2, 0) is 20.1 Å². The van der Waals surface area contributed by atoms with Crippen molar-refractivity contribution in [3.05, 3.63) is 132 Å². The fourth-order valence-electron chi connectivity index (χ4n) is 3.26. The van der Waals surface area contributed by atoms with Crippen LogP contribution >= 0.6 is 0 Å². The minimum Gasteiger partial charge on any atom is -0.304 e. The molecule has 0 aliphatic heterocycles. The average Bonchev–Trinajstić information content (AvgIpc) is 2.93. The predicted octanol–water partition coefficient (Wildman–Crippen LogP) is 7.69. The minimum atomic E-state index is -2.20. The van der Waals surface area contributed by atoms with Crippen LogP contribution in [0.4, 0.5) is 0 Å². The van der Waals surface area contributed by atoms with Crippen molar-refractivity contribution in [1.82, 2.24) is 9.97 Å². The number of hydrogen-bond acceptors (Lipinski definition) is 2. The monoisotopic (exact) mass is 625 g/mol. The molecule has 3 heteroatoms. The summed E-state index contributed by atoms with van der Waals surface area (Å²) in [5.74, 6) is 0. The molecule has 0 atom stereocenters. The van der Waals surface area contributed by atoms with Gasteiger partial charge >= 0.3 is 0 Å². The Morgan fingerprint density at radius 3 is 1.74 bits per heavy atom. The van der Waals surface area contributed by atoms with Crippen LogP contribution in [0.15, 0.2) is 103 Å². The summed E-state index contributed by atoms with van der Waals surface area (Å²) in [6, 6.07) is 33.9. The topological polar surface area (TPSA) is 25.8 Å². The SMILES string of the molecule is [2H]C([2H])([2H])c1cc(-c2[c-]cccc2)ncc1-c1ccccc1.[2H]C([2H])([2H])c1cnc(-c2[c-]cccc2)cc1C.[Ir]. The van der Waals surface area contributed by atoms with Gasteiger partial charge in [0.05, 0.1) is 0 Å². The van der Waals surface area contributed by atoms with Gasteiger partial charge in [-0.3, -0.25) is 0 Å². The Labute approximate surface area is 224 Å². The molecule has 5 aromatic rings. The molecule has 0 aliphatic rings. The van der Waals surface area contributed by atoms with E-state index in [9.17, 15) is 0 Å². The van der Waals surface area contributed by atoms with Gasteiger partial charge in [-0.05, 0) is 48.7 Å². The molecule has 0 N–H and O–H groups in total. The van der Waals surface area contributed by atoms with Gasteiger partial charge in [0.15, 0.2) is 0 Å². The standard InChI is InChI=1S/C18H14N.C13H12N.Ir/c1-14-12-18(16-10-6-3-7-11-16)19-13-17(14)15-8-4-2-5-9-15;1-10-8-13(14-9-11(10)2)12-6-4-3-5-7-12;/h2-10,12-13H,1H3;3-6,8-9H,1-2H3;/q2*-1;/i1D3;2D3;. The zero-order chi connectivity index (χ0) is 28.0. The van der Waals surface area contributed by atoms with Gasteiger partial charge in [0, 0.05) is 46.3 Å². The molecule has 3 aromatic carbocycles. The van der Waals surface area contributed by atoms with Crippen LogP contribution in [0.3, 0.4) is 0 Å². The zero-order valence-electron chi connectivity index (χ0n) is 24.5. The quantitative estimate of drug-likeness (QED) is 0.193. The molecule has 2 nitrogen and oxygen atoms in total. The van der Waals surface area contributed by atoms with Gasteiger partial charge in [0.25, 0.3) is 0 Å². The second-order valence-electron chi connectivity index (χ2n) is 7.42. The summed E-state index contributed by atoms with van der Waals surface area (Å²) in [7, 11) is 0. The smallest absolute Gasteiger partial charge is 0.0280 e. The fourth-order valence-corrected chi connectivity index (χ4v) is 3.26. The first kappa shape index (κ1) is 18.0. The van der Waals surface area contributed by atoms with Crippen LogP contribution in [0.5, 0.6) is 0 Å². The molecule has 0 spiro atoms. The van der Waals surface area contributed by atoms with E-state index in [1.54, 1.807) is 31.3 Å². The molecule has 34 heavy (non-hydrogen) atoms. The van der Waals surface area contributed by atoms with Crippen molar-refractivity contribution in [3.63, 3.8) is 0 Å². The van der Waals surface area contributed by atoms with Crippen molar-refractivity contribution >= 4 is 0 Å². The van der Waals surface area contributed by atoms with E-state index in [0.29, 0.717) is 22.4 Å². The van der Waals surface area contributed by atoms with Gasteiger partial charge in [-0.15, -0.1) is 71.8 Å². The summed E-state index contributed by atoms with van der Waals surface area (Å²) in [4.78, 5) is 8.60. The second-order valence-corrected chi connectivity index (χ2v) is 7.42. The third-order valence-electron chi connectivity index (χ3n) is 5.07. The normalized spacial score (nSPS) is 13.3. The van der Waals surface area contributed by atoms with Crippen LogP contribution < -0.4 is 0 Å². The van der Waals surface area contributed by atoms with Crippen molar-refractivity contribution in [3.8, 4) is 33.6 Å². The second kappa shape index (κ2) is 12.2. The first-order valence-corrected chi connectivity index (χ1v) is 10.5. The number of pyridine rings is 2. The van der Waals surface area contributed by atoms with E-state index in [4.69, 9.17) is 8.22 Å². The number of aromatic nitrogens is 2. The van der Waals surface area contributed by atoms with E-state index in [-0.39, 0.29) is 20.1 Å². The Kier molecular flexibility index (Phi) is 6.45. The summed E-state index contributed by atoms with van der Waals surface area (Å²) < 4.78 is 45.6. The summed E-state index contributed by atoms with van der Waals surface area (Å²) >= 11 is 0. The summed E-state index contributed by atoms with van der Waals surface area (Å²) in [6.45, 7) is -2.51. The molecule has 0 unspecified atom stereocenters. The summed E-state index contributed by atoms with van der Waals surface area (Å²) in [5.41, 5.74) is 5.85. The van der Waals surface area contributed by atoms with E-state index in [1.807, 2.05) is 72.8 Å². The maximum absolute atomic E-state index is 7.82. The Hall–Kier alpha value is -3.39. The van der Waals surface area contributed by atoms with Crippen LogP contribution in [0.25, 0.3) is 33.6 Å². The van der Waals surface area contributed by atoms with Crippen molar-refractivity contribution in [1.29, 1.82) is 0 Å². The van der Waals surface area contributed by atoms with Gasteiger partial charge in [0.1, 0.15) is 0 Å². The molecule has 5 rings (SSSR count). The maximum Gasteiger partial charge on any atom is 0.0280 e. The molecule has 0 bridgehead atoms. The largest absolute Gasteiger partial charge is 0.304 e. The van der Waals surface area contributed by atoms with Crippen LogP contribution in [0, 0.1) is 32.8 Å². The van der Waals surface area contributed by atoms with E-state index in [1.165, 1.54) is 6.20 Å². The maximum atomic E-state index is 7.82. The molecule has 0 amide bonds. The van der Waals surface area contributed by atoms with Crippen molar-refractivity contribution < 1.29 is 28.3 Å². The molecule has 0 saturated heterocycles. The number of rotatable bonds is 3. The Balaban J connectivity index is 0.000000222. The third-order valence-corrected chi connectivity index (χ3v) is 5.07. The third kappa shape index (κ3) is 6.35. The van der Waals surface area contributed by atoms with Crippen molar-refractivity contribution in [2.24, 2.45) is 0 Å². The first-order chi connectivity index (χ1) is 18.5. The Morgan fingerprint density at radius 2 is 1.21 bits per heavy atom. The summed E-state index contributed by atoms with van der Waals surface area (Å²) in [5, 5.41) is 0. The molecule has 0 aliphatic carbocycles. The van der Waals surface area contributed by atoms with Crippen LogP contribution in [-0.4, -0.2) is 9.97 Å². The van der Waals surface area contributed by atoms with Crippen molar-refractivity contribution in [2.45, 2.75) is 20.6 Å². The van der Waals surface area contributed by atoms with Crippen LogP contribution in [0.1, 0.15) is 24.9 Å². The molecule has 0 fully saturated rings. The fraction of sp³-hybridized carbons (Fsp3) is 0.0968. The summed E-state index contributed by atoms with van der Waals surface area (Å²) in [6.07, 6.45) is 3.06. The molecular formula is C31H26IrN2-2. The van der Waals surface area contributed by atoms with Crippen molar-refractivity contribution in [2.75, 3.05) is 0 Å². The van der Waals surface area contributed by atoms with Crippen LogP contribution in [0.2, 0.25) is 0 Å². The first-order valence-electron chi connectivity index (χ1n) is 13.5. The average molecular weight is 625 g/mol. The molecule has 0 saturated carbocycles. The number of benzene rings is 3. The van der Waals surface area contributed by atoms with E-state index in [2.05, 4.69) is 22.1 Å². The van der Waals surface area contributed by atoms with E-state index >= 15 is 0 Å². The number of aryl methyl sites for hydroxylation is 3. The number of hydrogen-bond donors (Lipinski definition) is 0. The van der Waals surface area contributed by atoms with E-state index < -0.39 is 13.7 Å². The molecule has 2 heterocycles. The van der Waals surface area contributed by atoms with Gasteiger partial charge in [0.2, 0.25) is 0 Å². The minimum absolute atomic E-state index is 0. The molecular weight excluding hydrogens is 593 g/mol. The molecule has 1 radical (unpaired) electrons. The molecule has 171 valence electrons. The predicted molar refractivity (Wildman–Crippen MR) is 137 cm³/mol. The zero-order valence-corrected chi connectivity index (χ0v) is 20.9. The van der Waals surface area contributed by atoms with Gasteiger partial charge in [-0.1, -0.05) is 48.0 Å². The van der Waals surface area contributed by atoms with Gasteiger partial charge in [-0.25, -0.2) is 0 Å². The van der Waals surface area contributed by atoms with Gasteiger partial charge in [-0.2, -0.15) is 0 Å². The Bertz CT molecular complexity index is 1520. The molecule has 2 aromatic heterocycles.